The SMILES string of the molecule is Nc1nc2cc(-c3ccn[nH]3)ccc2c(N)c1C=NCC(O)CC(F)(F)F. The number of halogens is 3. The molecule has 0 bridgehead atoms. The Balaban J connectivity index is 1.86. The van der Waals surface area contributed by atoms with Gasteiger partial charge in [0.25, 0.3) is 0 Å². The zero-order chi connectivity index (χ0) is 19.6. The summed E-state index contributed by atoms with van der Waals surface area (Å²) in [5, 5.41) is 16.7. The summed E-state index contributed by atoms with van der Waals surface area (Å²) >= 11 is 0. The van der Waals surface area contributed by atoms with Crippen molar-refractivity contribution in [3.8, 4) is 11.3 Å². The summed E-state index contributed by atoms with van der Waals surface area (Å²) in [6.07, 6.45) is -4.55. The van der Waals surface area contributed by atoms with E-state index < -0.39 is 25.2 Å². The van der Waals surface area contributed by atoms with Crippen molar-refractivity contribution < 1.29 is 18.3 Å². The molecule has 1 unspecified atom stereocenters. The third-order valence-corrected chi connectivity index (χ3v) is 3.91. The van der Waals surface area contributed by atoms with E-state index in [1.165, 1.54) is 6.21 Å². The average Bonchev–Trinajstić information content (AvgIpc) is 3.10. The lowest BCUT2D eigenvalue weighted by Crippen LogP contribution is -2.21. The van der Waals surface area contributed by atoms with Crippen molar-refractivity contribution >= 4 is 28.6 Å². The van der Waals surface area contributed by atoms with Crippen LogP contribution in [0.2, 0.25) is 0 Å². The summed E-state index contributed by atoms with van der Waals surface area (Å²) in [6.45, 7) is -0.421. The minimum atomic E-state index is -4.45. The number of aliphatic imine (C=N–C) groups is 1. The molecule has 1 aromatic carbocycles. The monoisotopic (exact) mass is 378 g/mol. The van der Waals surface area contributed by atoms with Crippen molar-refractivity contribution in [3.05, 3.63) is 36.0 Å². The normalized spacial score (nSPS) is 13.5. The van der Waals surface area contributed by atoms with Crippen molar-refractivity contribution in [1.29, 1.82) is 0 Å². The number of rotatable bonds is 5. The molecular formula is C17H17F3N6O. The number of aliphatic hydroxyl groups is 1. The first-order chi connectivity index (χ1) is 12.7. The number of pyridine rings is 1. The molecule has 27 heavy (non-hydrogen) atoms. The lowest BCUT2D eigenvalue weighted by atomic mass is 10.1. The summed E-state index contributed by atoms with van der Waals surface area (Å²) in [6, 6.07) is 7.20. The standard InChI is InChI=1S/C17H17F3N6O/c18-17(19,20)6-10(27)7-23-8-12-15(21)11-2-1-9(13-3-4-24-26-13)5-14(11)25-16(12)22/h1-5,8,10,27H,6-7H2,(H,24,26)(H4,21,22,25). The molecule has 6 N–H and O–H groups in total. The molecular weight excluding hydrogens is 361 g/mol. The topological polar surface area (TPSA) is 126 Å². The molecule has 2 aromatic heterocycles. The van der Waals surface area contributed by atoms with Crippen LogP contribution in [0.5, 0.6) is 0 Å². The Morgan fingerprint density at radius 2 is 2.04 bits per heavy atom. The van der Waals surface area contributed by atoms with Crippen molar-refractivity contribution in [2.75, 3.05) is 18.0 Å². The highest BCUT2D eigenvalue weighted by Gasteiger charge is 2.30. The number of nitrogens with zero attached hydrogens (tertiary/aromatic N) is 3. The number of benzene rings is 1. The predicted octanol–water partition coefficient (Wildman–Crippen LogP) is 2.52. The molecule has 0 saturated heterocycles. The van der Waals surface area contributed by atoms with Gasteiger partial charge in [-0.25, -0.2) is 4.98 Å². The van der Waals surface area contributed by atoms with E-state index in [-0.39, 0.29) is 5.82 Å². The molecule has 0 aliphatic heterocycles. The second kappa shape index (κ2) is 7.23. The van der Waals surface area contributed by atoms with E-state index in [0.717, 1.165) is 11.3 Å². The number of nitrogen functional groups attached to an aromatic ring is 2. The Bertz CT molecular complexity index is 969. The van der Waals surface area contributed by atoms with Gasteiger partial charge >= 0.3 is 6.18 Å². The van der Waals surface area contributed by atoms with Gasteiger partial charge in [-0.3, -0.25) is 10.1 Å². The van der Waals surface area contributed by atoms with Crippen molar-refractivity contribution in [2.24, 2.45) is 4.99 Å². The van der Waals surface area contributed by atoms with Crippen LogP contribution < -0.4 is 11.5 Å². The Kier molecular flexibility index (Phi) is 5.00. The maximum Gasteiger partial charge on any atom is 0.391 e. The smallest absolute Gasteiger partial charge is 0.391 e. The van der Waals surface area contributed by atoms with Gasteiger partial charge in [-0.05, 0) is 12.1 Å². The van der Waals surface area contributed by atoms with Crippen molar-refractivity contribution in [3.63, 3.8) is 0 Å². The largest absolute Gasteiger partial charge is 0.398 e. The van der Waals surface area contributed by atoms with Crippen LogP contribution in [0.4, 0.5) is 24.7 Å². The van der Waals surface area contributed by atoms with Gasteiger partial charge in [-0.1, -0.05) is 12.1 Å². The number of aliphatic hydroxyl groups excluding tert-OH is 1. The number of aromatic nitrogens is 3. The van der Waals surface area contributed by atoms with Gasteiger partial charge < -0.3 is 16.6 Å². The highest BCUT2D eigenvalue weighted by Crippen LogP contribution is 2.29. The molecule has 1 atom stereocenters. The highest BCUT2D eigenvalue weighted by atomic mass is 19.4. The molecule has 7 nitrogen and oxygen atoms in total. The van der Waals surface area contributed by atoms with E-state index in [9.17, 15) is 18.3 Å². The van der Waals surface area contributed by atoms with Crippen molar-refractivity contribution in [2.45, 2.75) is 18.7 Å². The number of hydrogen-bond acceptors (Lipinski definition) is 6. The first-order valence-corrected chi connectivity index (χ1v) is 7.97. The summed E-state index contributed by atoms with van der Waals surface area (Å²) < 4.78 is 36.7. The second-order valence-corrected chi connectivity index (χ2v) is 5.99. The summed E-state index contributed by atoms with van der Waals surface area (Å²) in [4.78, 5) is 8.12. The number of alkyl halides is 3. The van der Waals surface area contributed by atoms with E-state index in [1.807, 2.05) is 6.07 Å². The zero-order valence-corrected chi connectivity index (χ0v) is 14.0. The fourth-order valence-corrected chi connectivity index (χ4v) is 2.64. The second-order valence-electron chi connectivity index (χ2n) is 5.99. The number of anilines is 2. The lowest BCUT2D eigenvalue weighted by molar-refractivity contribution is -0.152. The highest BCUT2D eigenvalue weighted by molar-refractivity contribution is 6.04. The molecule has 3 rings (SSSR count). The van der Waals surface area contributed by atoms with Crippen LogP contribution in [0, 0.1) is 0 Å². The summed E-state index contributed by atoms with van der Waals surface area (Å²) in [5.74, 6) is 0.0934. The van der Waals surface area contributed by atoms with Crippen LogP contribution in [0.3, 0.4) is 0 Å². The maximum atomic E-state index is 12.2. The van der Waals surface area contributed by atoms with Crippen LogP contribution >= 0.6 is 0 Å². The molecule has 2 heterocycles. The number of fused-ring (bicyclic) bond motifs is 1. The fourth-order valence-electron chi connectivity index (χ4n) is 2.64. The minimum absolute atomic E-state index is 0.0934. The van der Waals surface area contributed by atoms with Crippen molar-refractivity contribution in [1.82, 2.24) is 15.2 Å². The number of H-pyrrole nitrogens is 1. The lowest BCUT2D eigenvalue weighted by Gasteiger charge is -2.11. The molecule has 0 fully saturated rings. The first-order valence-electron chi connectivity index (χ1n) is 7.97. The van der Waals surface area contributed by atoms with Gasteiger partial charge in [-0.15, -0.1) is 0 Å². The fraction of sp³-hybridized carbons (Fsp3) is 0.235. The Morgan fingerprint density at radius 1 is 1.26 bits per heavy atom. The van der Waals surface area contributed by atoms with Crippen LogP contribution in [0.1, 0.15) is 12.0 Å². The van der Waals surface area contributed by atoms with Crippen LogP contribution in [0.25, 0.3) is 22.2 Å². The van der Waals surface area contributed by atoms with Gasteiger partial charge in [0.1, 0.15) is 5.82 Å². The minimum Gasteiger partial charge on any atom is -0.398 e. The van der Waals surface area contributed by atoms with Gasteiger partial charge in [-0.2, -0.15) is 18.3 Å². The van der Waals surface area contributed by atoms with Crippen LogP contribution in [-0.2, 0) is 0 Å². The molecule has 10 heteroatoms. The molecule has 3 aromatic rings. The molecule has 142 valence electrons. The molecule has 0 radical (unpaired) electrons. The molecule has 0 saturated carbocycles. The van der Waals surface area contributed by atoms with E-state index >= 15 is 0 Å². The van der Waals surface area contributed by atoms with Gasteiger partial charge in [0.05, 0.1) is 41.5 Å². The van der Waals surface area contributed by atoms with E-state index in [2.05, 4.69) is 20.2 Å². The molecule has 0 spiro atoms. The average molecular weight is 378 g/mol. The van der Waals surface area contributed by atoms with Gasteiger partial charge in [0.2, 0.25) is 0 Å². The molecule has 0 aliphatic carbocycles. The third-order valence-electron chi connectivity index (χ3n) is 3.91. The van der Waals surface area contributed by atoms with E-state index in [4.69, 9.17) is 11.5 Å². The summed E-state index contributed by atoms with van der Waals surface area (Å²) in [7, 11) is 0. The van der Waals surface area contributed by atoms with Crippen LogP contribution in [-0.4, -0.2) is 45.3 Å². The van der Waals surface area contributed by atoms with Crippen LogP contribution in [0.15, 0.2) is 35.5 Å². The summed E-state index contributed by atoms with van der Waals surface area (Å²) in [5.41, 5.74) is 14.9. The quantitative estimate of drug-likeness (QED) is 0.508. The van der Waals surface area contributed by atoms with Gasteiger partial charge in [0, 0.05) is 23.4 Å². The predicted molar refractivity (Wildman–Crippen MR) is 97.3 cm³/mol. The number of nitrogens with one attached hydrogen (secondary N) is 1. The van der Waals surface area contributed by atoms with Gasteiger partial charge in [0.15, 0.2) is 0 Å². The third kappa shape index (κ3) is 4.34. The zero-order valence-electron chi connectivity index (χ0n) is 14.0. The first kappa shape index (κ1) is 18.6. The Morgan fingerprint density at radius 3 is 2.70 bits per heavy atom. The molecule has 0 aliphatic rings. The molecule has 0 amide bonds. The van der Waals surface area contributed by atoms with E-state index in [1.54, 1.807) is 24.4 Å². The Hall–Kier alpha value is -3.14. The number of nitrogens with two attached hydrogens (primary N) is 2. The maximum absolute atomic E-state index is 12.2. The Labute approximate surface area is 151 Å². The van der Waals surface area contributed by atoms with E-state index in [0.29, 0.717) is 22.2 Å². The number of hydrogen-bond donors (Lipinski definition) is 4. The number of aromatic amines is 1.